The molecule has 146 valence electrons. The van der Waals surface area contributed by atoms with Crippen LogP contribution in [0.5, 0.6) is 0 Å². The maximum absolute atomic E-state index is 12.0. The third-order valence-corrected chi connectivity index (χ3v) is 3.84. The molecule has 10 heteroatoms. The number of nitrogens with one attached hydrogen (secondary N) is 4. The number of hydrogen-bond acceptors (Lipinski definition) is 5. The Morgan fingerprint density at radius 1 is 1.11 bits per heavy atom. The Labute approximate surface area is 156 Å². The summed E-state index contributed by atoms with van der Waals surface area (Å²) in [5.41, 5.74) is 0.699. The topological polar surface area (TPSA) is 140 Å². The van der Waals surface area contributed by atoms with Gasteiger partial charge in [-0.15, -0.1) is 0 Å². The molecule has 1 aliphatic heterocycles. The summed E-state index contributed by atoms with van der Waals surface area (Å²) < 4.78 is 0. The highest BCUT2D eigenvalue weighted by Crippen LogP contribution is 2.10. The molecule has 5 N–H and O–H groups in total. The monoisotopic (exact) mass is 377 g/mol. The number of benzene rings is 1. The molecule has 27 heavy (non-hydrogen) atoms. The number of anilines is 1. The van der Waals surface area contributed by atoms with Gasteiger partial charge in [0.05, 0.1) is 13.0 Å². The predicted octanol–water partition coefficient (Wildman–Crippen LogP) is -0.556. The molecular weight excluding hydrogens is 354 g/mol. The van der Waals surface area contributed by atoms with Crippen LogP contribution in [0.1, 0.15) is 16.8 Å². The number of rotatable bonds is 7. The molecule has 1 fully saturated rings. The first kappa shape index (κ1) is 20.2. The second kappa shape index (κ2) is 10.1. The van der Waals surface area contributed by atoms with Crippen molar-refractivity contribution in [3.8, 4) is 0 Å². The Morgan fingerprint density at radius 3 is 2.56 bits per heavy atom. The van der Waals surface area contributed by atoms with Crippen molar-refractivity contribution in [2.45, 2.75) is 6.42 Å². The molecule has 4 amide bonds. The van der Waals surface area contributed by atoms with E-state index in [1.807, 2.05) is 0 Å². The summed E-state index contributed by atoms with van der Waals surface area (Å²) >= 11 is 0. The molecule has 1 saturated heterocycles. The van der Waals surface area contributed by atoms with Crippen LogP contribution in [-0.4, -0.2) is 73.1 Å². The van der Waals surface area contributed by atoms with Gasteiger partial charge in [-0.3, -0.25) is 14.4 Å². The van der Waals surface area contributed by atoms with Crippen LogP contribution in [0.3, 0.4) is 0 Å². The fraction of sp³-hybridized carbons (Fsp3) is 0.412. The van der Waals surface area contributed by atoms with E-state index in [1.54, 1.807) is 23.1 Å². The van der Waals surface area contributed by atoms with Crippen molar-refractivity contribution < 1.29 is 24.3 Å². The summed E-state index contributed by atoms with van der Waals surface area (Å²) in [7, 11) is 0. The summed E-state index contributed by atoms with van der Waals surface area (Å²) in [4.78, 5) is 48.0. The highest BCUT2D eigenvalue weighted by molar-refractivity contribution is 5.98. The van der Waals surface area contributed by atoms with Gasteiger partial charge in [-0.05, 0) is 18.2 Å². The highest BCUT2D eigenvalue weighted by Gasteiger charge is 2.16. The number of urea groups is 1. The molecular formula is C17H23N5O5. The van der Waals surface area contributed by atoms with Crippen LogP contribution in [0.25, 0.3) is 0 Å². The number of aliphatic carboxylic acids is 1. The number of carboxylic acid groups (broad SMARTS) is 1. The maximum Gasteiger partial charge on any atom is 0.317 e. The fourth-order valence-corrected chi connectivity index (χ4v) is 2.46. The summed E-state index contributed by atoms with van der Waals surface area (Å²) in [5, 5.41) is 19.4. The zero-order chi connectivity index (χ0) is 19.6. The molecule has 0 bridgehead atoms. The Bertz CT molecular complexity index is 703. The van der Waals surface area contributed by atoms with Crippen LogP contribution in [0.4, 0.5) is 10.5 Å². The van der Waals surface area contributed by atoms with Crippen molar-refractivity contribution >= 4 is 29.5 Å². The molecule has 0 aromatic heterocycles. The number of hydrogen-bond donors (Lipinski definition) is 5. The standard InChI is InChI=1S/C17H23N5O5/c23-14(11-20-17(27)22-8-6-18-7-9-22)21-13-3-1-2-12(10-13)16(26)19-5-4-15(24)25/h1-3,10,18H,4-9,11H2,(H,19,26)(H,20,27)(H,21,23)(H,24,25). The van der Waals surface area contributed by atoms with Crippen LogP contribution in [-0.2, 0) is 9.59 Å². The minimum absolute atomic E-state index is 0.0167. The van der Waals surface area contributed by atoms with Crippen LogP contribution < -0.4 is 21.3 Å². The van der Waals surface area contributed by atoms with Gasteiger partial charge in [0.2, 0.25) is 5.91 Å². The van der Waals surface area contributed by atoms with Crippen molar-refractivity contribution in [1.82, 2.24) is 20.9 Å². The van der Waals surface area contributed by atoms with Gasteiger partial charge in [-0.1, -0.05) is 6.07 Å². The first-order chi connectivity index (χ1) is 13.0. The second-order valence-electron chi connectivity index (χ2n) is 5.92. The average molecular weight is 377 g/mol. The third kappa shape index (κ3) is 6.94. The van der Waals surface area contributed by atoms with Crippen molar-refractivity contribution in [2.24, 2.45) is 0 Å². The van der Waals surface area contributed by atoms with Gasteiger partial charge in [0, 0.05) is 44.0 Å². The van der Waals surface area contributed by atoms with Gasteiger partial charge in [0.25, 0.3) is 5.91 Å². The zero-order valence-corrected chi connectivity index (χ0v) is 14.8. The largest absolute Gasteiger partial charge is 0.481 e. The molecule has 0 aliphatic carbocycles. The Morgan fingerprint density at radius 2 is 1.85 bits per heavy atom. The first-order valence-electron chi connectivity index (χ1n) is 8.59. The molecule has 0 spiro atoms. The van der Waals surface area contributed by atoms with Crippen LogP contribution >= 0.6 is 0 Å². The van der Waals surface area contributed by atoms with Crippen LogP contribution in [0.2, 0.25) is 0 Å². The molecule has 10 nitrogen and oxygen atoms in total. The lowest BCUT2D eigenvalue weighted by molar-refractivity contribution is -0.136. The van der Waals surface area contributed by atoms with E-state index < -0.39 is 17.8 Å². The highest BCUT2D eigenvalue weighted by atomic mass is 16.4. The van der Waals surface area contributed by atoms with Gasteiger partial charge in [-0.25, -0.2) is 4.79 Å². The lowest BCUT2D eigenvalue weighted by Gasteiger charge is -2.27. The number of carbonyl (C=O) groups excluding carboxylic acids is 3. The molecule has 2 rings (SSSR count). The van der Waals surface area contributed by atoms with Gasteiger partial charge in [0.1, 0.15) is 0 Å². The normalized spacial score (nSPS) is 13.6. The molecule has 1 aliphatic rings. The summed E-state index contributed by atoms with van der Waals surface area (Å²) in [5.74, 6) is -1.85. The summed E-state index contributed by atoms with van der Waals surface area (Å²) in [6.45, 7) is 2.46. The Balaban J connectivity index is 1.80. The molecule has 0 unspecified atom stereocenters. The molecule has 0 atom stereocenters. The lowest BCUT2D eigenvalue weighted by atomic mass is 10.2. The maximum atomic E-state index is 12.0. The van der Waals surface area contributed by atoms with E-state index in [0.29, 0.717) is 24.3 Å². The average Bonchev–Trinajstić information content (AvgIpc) is 2.66. The van der Waals surface area contributed by atoms with E-state index in [9.17, 15) is 19.2 Å². The number of carbonyl (C=O) groups is 4. The second-order valence-corrected chi connectivity index (χ2v) is 5.92. The summed E-state index contributed by atoms with van der Waals surface area (Å²) in [6.07, 6.45) is -0.172. The SMILES string of the molecule is O=C(O)CCNC(=O)c1cccc(NC(=O)CNC(=O)N2CCNCC2)c1. The quantitative estimate of drug-likeness (QED) is 0.432. The number of amides is 4. The van der Waals surface area contributed by atoms with Crippen LogP contribution in [0, 0.1) is 0 Å². The van der Waals surface area contributed by atoms with Crippen molar-refractivity contribution in [1.29, 1.82) is 0 Å². The minimum Gasteiger partial charge on any atom is -0.481 e. The predicted molar refractivity (Wildman–Crippen MR) is 97.5 cm³/mol. The van der Waals surface area contributed by atoms with Crippen molar-refractivity contribution in [2.75, 3.05) is 44.6 Å². The van der Waals surface area contributed by atoms with E-state index in [4.69, 9.17) is 5.11 Å². The number of piperazine rings is 1. The Hall–Kier alpha value is -3.14. The third-order valence-electron chi connectivity index (χ3n) is 3.84. The molecule has 1 aromatic carbocycles. The number of nitrogens with zero attached hydrogens (tertiary/aromatic N) is 1. The lowest BCUT2D eigenvalue weighted by Crippen LogP contribution is -2.51. The minimum atomic E-state index is -1.00. The zero-order valence-electron chi connectivity index (χ0n) is 14.8. The molecule has 1 aromatic rings. The van der Waals surface area contributed by atoms with Gasteiger partial charge < -0.3 is 31.3 Å². The van der Waals surface area contributed by atoms with Crippen molar-refractivity contribution in [3.05, 3.63) is 29.8 Å². The van der Waals surface area contributed by atoms with Gasteiger partial charge in [0.15, 0.2) is 0 Å². The fourth-order valence-electron chi connectivity index (χ4n) is 2.46. The van der Waals surface area contributed by atoms with Crippen LogP contribution in [0.15, 0.2) is 24.3 Å². The number of carboxylic acids is 1. The van der Waals surface area contributed by atoms with Gasteiger partial charge >= 0.3 is 12.0 Å². The van der Waals surface area contributed by atoms with E-state index in [1.165, 1.54) is 6.07 Å². The molecule has 0 radical (unpaired) electrons. The Kier molecular flexibility index (Phi) is 7.56. The van der Waals surface area contributed by atoms with E-state index in [2.05, 4.69) is 21.3 Å². The van der Waals surface area contributed by atoms with E-state index >= 15 is 0 Å². The molecule has 1 heterocycles. The first-order valence-corrected chi connectivity index (χ1v) is 8.59. The van der Waals surface area contributed by atoms with Crippen molar-refractivity contribution in [3.63, 3.8) is 0 Å². The van der Waals surface area contributed by atoms with Gasteiger partial charge in [-0.2, -0.15) is 0 Å². The smallest absolute Gasteiger partial charge is 0.317 e. The van der Waals surface area contributed by atoms with E-state index in [-0.39, 0.29) is 25.5 Å². The van der Waals surface area contributed by atoms with E-state index in [0.717, 1.165) is 13.1 Å². The summed E-state index contributed by atoms with van der Waals surface area (Å²) in [6, 6.07) is 5.95. The molecule has 0 saturated carbocycles.